The number of allylic oxidation sites excluding steroid dienone is 3. The molecule has 0 fully saturated rings. The summed E-state index contributed by atoms with van der Waals surface area (Å²) in [7, 11) is 0. The summed E-state index contributed by atoms with van der Waals surface area (Å²) in [6, 6.07) is 0. The minimum atomic E-state index is 0.320. The Labute approximate surface area is 91.9 Å². The third-order valence-corrected chi connectivity index (χ3v) is 2.64. The number of hydrogen-bond acceptors (Lipinski definition) is 2. The molecule has 0 spiro atoms. The van der Waals surface area contributed by atoms with Gasteiger partial charge in [0.05, 0.1) is 0 Å². The van der Waals surface area contributed by atoms with Gasteiger partial charge >= 0.3 is 0 Å². The van der Waals surface area contributed by atoms with Gasteiger partial charge in [-0.2, -0.15) is 5.26 Å². The first-order chi connectivity index (χ1) is 6.74. The Morgan fingerprint density at radius 1 is 1.57 bits per heavy atom. The molecule has 14 heavy (non-hydrogen) atoms. The van der Waals surface area contributed by atoms with E-state index in [9.17, 15) is 0 Å². The van der Waals surface area contributed by atoms with Crippen molar-refractivity contribution in [3.05, 3.63) is 23.8 Å². The lowest BCUT2D eigenvalue weighted by Gasteiger charge is -2.05. The van der Waals surface area contributed by atoms with Gasteiger partial charge in [0.2, 0.25) is 0 Å². The summed E-state index contributed by atoms with van der Waals surface area (Å²) in [5.74, 6) is 0. The fourth-order valence-corrected chi connectivity index (χ4v) is 1.69. The van der Waals surface area contributed by atoms with E-state index in [1.54, 1.807) is 0 Å². The number of rotatable bonds is 6. The molecule has 0 bridgehead atoms. The van der Waals surface area contributed by atoms with Gasteiger partial charge in [-0.3, -0.25) is 0 Å². The van der Waals surface area contributed by atoms with Crippen molar-refractivity contribution in [1.82, 2.24) is 0 Å². The van der Waals surface area contributed by atoms with E-state index in [-0.39, 0.29) is 0 Å². The van der Waals surface area contributed by atoms with Crippen LogP contribution in [0.25, 0.3) is 0 Å². The fourth-order valence-electron chi connectivity index (χ4n) is 1.26. The monoisotopic (exact) mass is 209 g/mol. The van der Waals surface area contributed by atoms with Gasteiger partial charge in [-0.05, 0) is 44.9 Å². The highest BCUT2D eigenvalue weighted by molar-refractivity contribution is 8.04. The second-order valence-electron chi connectivity index (χ2n) is 3.20. The molecule has 0 N–H and O–H groups in total. The molecule has 0 aromatic carbocycles. The Morgan fingerprint density at radius 3 is 2.79 bits per heavy atom. The highest BCUT2D eigenvalue weighted by Gasteiger charge is 2.00. The van der Waals surface area contributed by atoms with Crippen molar-refractivity contribution >= 4 is 11.8 Å². The van der Waals surface area contributed by atoms with Gasteiger partial charge in [0.1, 0.15) is 5.40 Å². The van der Waals surface area contributed by atoms with Crippen LogP contribution < -0.4 is 0 Å². The number of nitrogens with zero attached hydrogens (tertiary/aromatic N) is 1. The molecule has 1 nitrogen and oxygen atoms in total. The molecule has 0 aliphatic heterocycles. The zero-order valence-electron chi connectivity index (χ0n) is 9.29. The average molecular weight is 209 g/mol. The summed E-state index contributed by atoms with van der Waals surface area (Å²) in [4.78, 5) is 0. The summed E-state index contributed by atoms with van der Waals surface area (Å²) >= 11 is 1.33. The van der Waals surface area contributed by atoms with E-state index in [1.165, 1.54) is 17.3 Å². The van der Waals surface area contributed by atoms with Crippen LogP contribution in [0.1, 0.15) is 40.0 Å². The summed E-state index contributed by atoms with van der Waals surface area (Å²) in [5, 5.41) is 11.0. The van der Waals surface area contributed by atoms with Crippen molar-refractivity contribution in [3.63, 3.8) is 0 Å². The van der Waals surface area contributed by atoms with Gasteiger partial charge in [-0.1, -0.05) is 30.7 Å². The van der Waals surface area contributed by atoms with Gasteiger partial charge in [-0.15, -0.1) is 0 Å². The molecule has 78 valence electrons. The lowest BCUT2D eigenvalue weighted by Crippen LogP contribution is -1.92. The minimum absolute atomic E-state index is 0.320. The minimum Gasteiger partial charge on any atom is -0.185 e. The lowest BCUT2D eigenvalue weighted by molar-refractivity contribution is 0.895. The Morgan fingerprint density at radius 2 is 2.29 bits per heavy atom. The molecule has 0 saturated heterocycles. The van der Waals surface area contributed by atoms with Crippen molar-refractivity contribution < 1.29 is 0 Å². The molecule has 0 aliphatic carbocycles. The number of hydrogen-bond donors (Lipinski definition) is 0. The van der Waals surface area contributed by atoms with Gasteiger partial charge in [0.25, 0.3) is 0 Å². The Kier molecular flexibility index (Phi) is 8.47. The molecular formula is C12H19NS. The van der Waals surface area contributed by atoms with E-state index in [0.29, 0.717) is 5.25 Å². The zero-order chi connectivity index (χ0) is 10.8. The topological polar surface area (TPSA) is 23.8 Å². The van der Waals surface area contributed by atoms with Crippen molar-refractivity contribution in [2.45, 2.75) is 45.3 Å². The predicted molar refractivity (Wildman–Crippen MR) is 65.1 cm³/mol. The quantitative estimate of drug-likeness (QED) is 0.481. The molecular weight excluding hydrogens is 190 g/mol. The summed E-state index contributed by atoms with van der Waals surface area (Å²) in [6.45, 7) is 6.29. The largest absolute Gasteiger partial charge is 0.185 e. The maximum absolute atomic E-state index is 8.51. The lowest BCUT2D eigenvalue weighted by atomic mass is 10.1. The van der Waals surface area contributed by atoms with Crippen molar-refractivity contribution in [1.29, 1.82) is 5.26 Å². The van der Waals surface area contributed by atoms with Crippen molar-refractivity contribution in [3.8, 4) is 5.40 Å². The van der Waals surface area contributed by atoms with Crippen LogP contribution in [-0.2, 0) is 0 Å². The molecule has 0 amide bonds. The highest BCUT2D eigenvalue weighted by Crippen LogP contribution is 2.17. The number of thioether (sulfide) groups is 1. The fraction of sp³-hybridized carbons (Fsp3) is 0.583. The van der Waals surface area contributed by atoms with Crippen molar-refractivity contribution in [2.24, 2.45) is 0 Å². The van der Waals surface area contributed by atoms with Gasteiger partial charge < -0.3 is 0 Å². The molecule has 0 aliphatic rings. The summed E-state index contributed by atoms with van der Waals surface area (Å²) in [6.07, 6.45) is 9.81. The molecule has 1 unspecified atom stereocenters. The second-order valence-corrected chi connectivity index (χ2v) is 4.36. The molecule has 0 radical (unpaired) electrons. The molecule has 0 rings (SSSR count). The third kappa shape index (κ3) is 6.80. The van der Waals surface area contributed by atoms with E-state index in [0.717, 1.165) is 19.3 Å². The van der Waals surface area contributed by atoms with Crippen LogP contribution >= 0.6 is 11.8 Å². The first-order valence-electron chi connectivity index (χ1n) is 5.10. The van der Waals surface area contributed by atoms with Crippen LogP contribution in [0.2, 0.25) is 0 Å². The van der Waals surface area contributed by atoms with E-state index in [4.69, 9.17) is 5.26 Å². The zero-order valence-corrected chi connectivity index (χ0v) is 10.1. The van der Waals surface area contributed by atoms with E-state index in [1.807, 2.05) is 6.92 Å². The van der Waals surface area contributed by atoms with Crippen LogP contribution in [-0.4, -0.2) is 5.25 Å². The molecule has 0 saturated carbocycles. The number of thiocyanates is 1. The second kappa shape index (κ2) is 8.90. The summed E-state index contributed by atoms with van der Waals surface area (Å²) < 4.78 is 0. The highest BCUT2D eigenvalue weighted by atomic mass is 32.2. The first kappa shape index (κ1) is 13.3. The molecule has 1 atom stereocenters. The van der Waals surface area contributed by atoms with Crippen LogP contribution in [0.3, 0.4) is 0 Å². The van der Waals surface area contributed by atoms with Crippen LogP contribution in [0, 0.1) is 10.7 Å². The average Bonchev–Trinajstić information content (AvgIpc) is 2.17. The molecule has 2 heteroatoms. The summed E-state index contributed by atoms with van der Waals surface area (Å²) in [5.41, 5.74) is 1.46. The van der Waals surface area contributed by atoms with Crippen LogP contribution in [0.4, 0.5) is 0 Å². The Hall–Kier alpha value is -0.680. The first-order valence-corrected chi connectivity index (χ1v) is 5.98. The smallest absolute Gasteiger partial charge is 0.133 e. The van der Waals surface area contributed by atoms with E-state index >= 15 is 0 Å². The van der Waals surface area contributed by atoms with Crippen LogP contribution in [0.5, 0.6) is 0 Å². The predicted octanol–water partition coefficient (Wildman–Crippen LogP) is 4.28. The van der Waals surface area contributed by atoms with E-state index < -0.39 is 0 Å². The van der Waals surface area contributed by atoms with Crippen LogP contribution in [0.15, 0.2) is 23.8 Å². The normalized spacial score (nSPS) is 14.3. The Bertz CT molecular complexity index is 235. The maximum Gasteiger partial charge on any atom is 0.133 e. The van der Waals surface area contributed by atoms with Gasteiger partial charge in [-0.25, -0.2) is 0 Å². The van der Waals surface area contributed by atoms with Gasteiger partial charge in [0, 0.05) is 5.25 Å². The maximum atomic E-state index is 8.51. The molecule has 0 aromatic heterocycles. The molecule has 0 aromatic rings. The molecule has 0 heterocycles. The SMILES string of the molecule is C/C=C\CC/C(=C\C(C)SC#N)CC. The Balaban J connectivity index is 4.04. The standard InChI is InChI=1S/C12H19NS/c1-4-6-7-8-12(5-2)9-11(3)14-10-13/h4,6,9,11H,5,7-8H2,1-3H3/b6-4-,12-9-. The van der Waals surface area contributed by atoms with Gasteiger partial charge in [0.15, 0.2) is 0 Å². The van der Waals surface area contributed by atoms with Crippen molar-refractivity contribution in [2.75, 3.05) is 0 Å². The van der Waals surface area contributed by atoms with E-state index in [2.05, 4.69) is 37.5 Å². The number of nitriles is 1. The third-order valence-electron chi connectivity index (χ3n) is 2.03.